The van der Waals surface area contributed by atoms with E-state index in [1.807, 2.05) is 60.7 Å². The number of benzene rings is 3. The van der Waals surface area contributed by atoms with Crippen LogP contribution < -0.4 is 10.1 Å². The first-order valence-electron chi connectivity index (χ1n) is 8.71. The van der Waals surface area contributed by atoms with Crippen molar-refractivity contribution in [1.29, 1.82) is 0 Å². The molecule has 2 N–H and O–H groups in total. The lowest BCUT2D eigenvalue weighted by Crippen LogP contribution is -2.21. The van der Waals surface area contributed by atoms with E-state index in [1.54, 1.807) is 12.1 Å². The van der Waals surface area contributed by atoms with Gasteiger partial charge in [0, 0.05) is 28.7 Å². The van der Waals surface area contributed by atoms with Crippen molar-refractivity contribution < 1.29 is 9.84 Å². The van der Waals surface area contributed by atoms with Crippen LogP contribution in [-0.4, -0.2) is 11.7 Å². The zero-order valence-electron chi connectivity index (χ0n) is 14.7. The summed E-state index contributed by atoms with van der Waals surface area (Å²) in [5.41, 5.74) is 2.87. The van der Waals surface area contributed by atoms with Crippen LogP contribution in [0.25, 0.3) is 0 Å². The third-order valence-electron chi connectivity index (χ3n) is 4.16. The van der Waals surface area contributed by atoms with E-state index >= 15 is 0 Å². The quantitative estimate of drug-likeness (QED) is 0.531. The van der Waals surface area contributed by atoms with Crippen molar-refractivity contribution >= 4 is 23.2 Å². The third-order valence-corrected chi connectivity index (χ3v) is 4.75. The van der Waals surface area contributed by atoms with Gasteiger partial charge < -0.3 is 15.2 Å². The second-order valence-corrected chi connectivity index (χ2v) is 7.07. The number of hydrogen-bond donors (Lipinski definition) is 2. The lowest BCUT2D eigenvalue weighted by atomic mass is 10.1. The molecule has 0 amide bonds. The normalized spacial score (nSPS) is 12.0. The van der Waals surface area contributed by atoms with Gasteiger partial charge in [-0.15, -0.1) is 0 Å². The molecule has 3 aromatic carbocycles. The van der Waals surface area contributed by atoms with Gasteiger partial charge >= 0.3 is 0 Å². The zero-order valence-corrected chi connectivity index (χ0v) is 16.3. The standard InChI is InChI=1S/C22H21Cl2NO2/c23-19-10-9-18(21(24)12-19)15-27-20-8-4-5-16(11-20)13-25-14-22(26)17-6-2-1-3-7-17/h1-12,22,25-26H,13-15H2/t22-/m0/s1. The summed E-state index contributed by atoms with van der Waals surface area (Å²) in [6, 6.07) is 22.8. The fraction of sp³-hybridized carbons (Fsp3) is 0.182. The molecule has 0 aliphatic heterocycles. The summed E-state index contributed by atoms with van der Waals surface area (Å²) < 4.78 is 5.85. The van der Waals surface area contributed by atoms with Gasteiger partial charge in [-0.1, -0.05) is 71.7 Å². The molecule has 0 bridgehead atoms. The van der Waals surface area contributed by atoms with Gasteiger partial charge in [-0.05, 0) is 35.4 Å². The minimum Gasteiger partial charge on any atom is -0.489 e. The summed E-state index contributed by atoms with van der Waals surface area (Å²) >= 11 is 12.1. The van der Waals surface area contributed by atoms with Gasteiger partial charge in [0.2, 0.25) is 0 Å². The number of halogens is 2. The van der Waals surface area contributed by atoms with E-state index in [9.17, 15) is 5.11 Å². The predicted octanol–water partition coefficient (Wildman–Crippen LogP) is 5.40. The van der Waals surface area contributed by atoms with Crippen LogP contribution in [0.2, 0.25) is 10.0 Å². The average Bonchev–Trinajstić information content (AvgIpc) is 2.68. The second kappa shape index (κ2) is 9.77. The monoisotopic (exact) mass is 401 g/mol. The first-order chi connectivity index (χ1) is 13.1. The summed E-state index contributed by atoms with van der Waals surface area (Å²) in [7, 11) is 0. The van der Waals surface area contributed by atoms with Gasteiger partial charge in [0.1, 0.15) is 12.4 Å². The molecular formula is C22H21Cl2NO2. The van der Waals surface area contributed by atoms with E-state index in [1.165, 1.54) is 0 Å². The molecule has 27 heavy (non-hydrogen) atoms. The van der Waals surface area contributed by atoms with Gasteiger partial charge in [-0.25, -0.2) is 0 Å². The number of nitrogens with one attached hydrogen (secondary N) is 1. The van der Waals surface area contributed by atoms with Crippen molar-refractivity contribution in [3.63, 3.8) is 0 Å². The Morgan fingerprint density at radius 1 is 0.926 bits per heavy atom. The summed E-state index contributed by atoms with van der Waals surface area (Å²) in [6.07, 6.45) is -0.530. The fourth-order valence-electron chi connectivity index (χ4n) is 2.69. The van der Waals surface area contributed by atoms with E-state index in [2.05, 4.69) is 5.32 Å². The summed E-state index contributed by atoms with van der Waals surface area (Å²) in [4.78, 5) is 0. The molecule has 0 heterocycles. The number of hydrogen-bond acceptors (Lipinski definition) is 3. The Morgan fingerprint density at radius 2 is 1.74 bits per heavy atom. The van der Waals surface area contributed by atoms with Crippen LogP contribution in [0, 0.1) is 0 Å². The molecule has 0 aromatic heterocycles. The molecule has 0 fully saturated rings. The molecule has 5 heteroatoms. The number of ether oxygens (including phenoxy) is 1. The maximum atomic E-state index is 10.2. The van der Waals surface area contributed by atoms with Crippen LogP contribution >= 0.6 is 23.2 Å². The maximum absolute atomic E-state index is 10.2. The molecule has 0 saturated carbocycles. The highest BCUT2D eigenvalue weighted by atomic mass is 35.5. The van der Waals surface area contributed by atoms with Gasteiger partial charge in [0.25, 0.3) is 0 Å². The Morgan fingerprint density at radius 3 is 2.52 bits per heavy atom. The van der Waals surface area contributed by atoms with Gasteiger partial charge in [-0.2, -0.15) is 0 Å². The van der Waals surface area contributed by atoms with Gasteiger partial charge in [0.05, 0.1) is 6.10 Å². The SMILES string of the molecule is O[C@@H](CNCc1cccc(OCc2ccc(Cl)cc2Cl)c1)c1ccccc1. The molecule has 3 nitrogen and oxygen atoms in total. The maximum Gasteiger partial charge on any atom is 0.120 e. The van der Waals surface area contributed by atoms with Crippen molar-refractivity contribution in [2.45, 2.75) is 19.3 Å². The summed E-state index contributed by atoms with van der Waals surface area (Å²) in [5, 5.41) is 14.7. The Bertz CT molecular complexity index is 871. The molecule has 0 saturated heterocycles. The van der Waals surface area contributed by atoms with Crippen LogP contribution in [0.4, 0.5) is 0 Å². The number of aliphatic hydroxyl groups is 1. The Balaban J connectivity index is 1.51. The number of aliphatic hydroxyl groups excluding tert-OH is 1. The van der Waals surface area contributed by atoms with E-state index in [-0.39, 0.29) is 0 Å². The second-order valence-electron chi connectivity index (χ2n) is 6.23. The molecule has 0 aliphatic rings. The van der Waals surface area contributed by atoms with E-state index < -0.39 is 6.10 Å². The van der Waals surface area contributed by atoms with Crippen LogP contribution in [0.5, 0.6) is 5.75 Å². The van der Waals surface area contributed by atoms with Gasteiger partial charge in [-0.3, -0.25) is 0 Å². The van der Waals surface area contributed by atoms with Crippen LogP contribution in [0.15, 0.2) is 72.8 Å². The van der Waals surface area contributed by atoms with Crippen molar-refractivity contribution in [3.8, 4) is 5.75 Å². The minimum atomic E-state index is -0.530. The van der Waals surface area contributed by atoms with Crippen LogP contribution in [0.3, 0.4) is 0 Å². The molecule has 0 unspecified atom stereocenters. The molecular weight excluding hydrogens is 381 g/mol. The van der Waals surface area contributed by atoms with Crippen LogP contribution in [0.1, 0.15) is 22.8 Å². The van der Waals surface area contributed by atoms with E-state index in [0.29, 0.717) is 29.7 Å². The number of rotatable bonds is 8. The zero-order chi connectivity index (χ0) is 19.1. The average molecular weight is 402 g/mol. The molecule has 0 radical (unpaired) electrons. The highest BCUT2D eigenvalue weighted by Crippen LogP contribution is 2.23. The van der Waals surface area contributed by atoms with E-state index in [4.69, 9.17) is 27.9 Å². The summed E-state index contributed by atoms with van der Waals surface area (Å²) in [5.74, 6) is 0.768. The van der Waals surface area contributed by atoms with Crippen molar-refractivity contribution in [1.82, 2.24) is 5.32 Å². The molecule has 0 spiro atoms. The predicted molar refractivity (Wildman–Crippen MR) is 110 cm³/mol. The molecule has 140 valence electrons. The largest absolute Gasteiger partial charge is 0.489 e. The van der Waals surface area contributed by atoms with Crippen molar-refractivity contribution in [2.24, 2.45) is 0 Å². The Hall–Kier alpha value is -2.04. The summed E-state index contributed by atoms with van der Waals surface area (Å²) in [6.45, 7) is 1.50. The Labute approximate surface area is 169 Å². The first-order valence-corrected chi connectivity index (χ1v) is 9.47. The highest BCUT2D eigenvalue weighted by Gasteiger charge is 2.07. The smallest absolute Gasteiger partial charge is 0.120 e. The topological polar surface area (TPSA) is 41.5 Å². The van der Waals surface area contributed by atoms with Crippen LogP contribution in [-0.2, 0) is 13.2 Å². The minimum absolute atomic E-state index is 0.375. The molecule has 3 rings (SSSR count). The Kier molecular flexibility index (Phi) is 7.13. The lowest BCUT2D eigenvalue weighted by Gasteiger charge is -2.13. The van der Waals surface area contributed by atoms with Gasteiger partial charge in [0.15, 0.2) is 0 Å². The van der Waals surface area contributed by atoms with Crippen molar-refractivity contribution in [2.75, 3.05) is 6.54 Å². The third kappa shape index (κ3) is 5.98. The highest BCUT2D eigenvalue weighted by molar-refractivity contribution is 6.35. The first kappa shape index (κ1) is 19.7. The fourth-order valence-corrected chi connectivity index (χ4v) is 3.15. The van der Waals surface area contributed by atoms with Crippen molar-refractivity contribution in [3.05, 3.63) is 99.5 Å². The lowest BCUT2D eigenvalue weighted by molar-refractivity contribution is 0.174. The van der Waals surface area contributed by atoms with E-state index in [0.717, 1.165) is 22.4 Å². The molecule has 3 aromatic rings. The molecule has 0 aliphatic carbocycles. The molecule has 1 atom stereocenters.